The van der Waals surface area contributed by atoms with Crippen molar-refractivity contribution in [3.05, 3.63) is 45.5 Å². The Labute approximate surface area is 179 Å². The normalized spacial score (nSPS) is 19.4. The SMILES string of the molecule is CC1CN(Cc2csc(NC(=O)CCCNc3ccc([N+](=O)[O-])cc3)n2)CC(C)O1. The van der Waals surface area contributed by atoms with Gasteiger partial charge in [0.2, 0.25) is 5.91 Å². The van der Waals surface area contributed by atoms with E-state index < -0.39 is 4.92 Å². The number of rotatable bonds is 9. The zero-order valence-electron chi connectivity index (χ0n) is 17.2. The number of nitro groups is 1. The molecule has 2 N–H and O–H groups in total. The van der Waals surface area contributed by atoms with E-state index in [4.69, 9.17) is 4.74 Å². The number of nitrogens with zero attached hydrogens (tertiary/aromatic N) is 3. The third-order valence-corrected chi connectivity index (χ3v) is 5.47. The van der Waals surface area contributed by atoms with E-state index in [2.05, 4.69) is 34.4 Å². The molecule has 1 aromatic carbocycles. The van der Waals surface area contributed by atoms with Gasteiger partial charge in [-0.2, -0.15) is 0 Å². The number of hydrogen-bond acceptors (Lipinski definition) is 8. The molecule has 1 aliphatic rings. The molecule has 1 saturated heterocycles. The van der Waals surface area contributed by atoms with Crippen molar-refractivity contribution in [2.45, 2.75) is 45.4 Å². The Morgan fingerprint density at radius 3 is 2.67 bits per heavy atom. The van der Waals surface area contributed by atoms with Gasteiger partial charge in [0, 0.05) is 55.8 Å². The summed E-state index contributed by atoms with van der Waals surface area (Å²) in [6, 6.07) is 6.22. The minimum Gasteiger partial charge on any atom is -0.385 e. The lowest BCUT2D eigenvalue weighted by Crippen LogP contribution is -2.44. The highest BCUT2D eigenvalue weighted by atomic mass is 32.1. The molecule has 2 unspecified atom stereocenters. The number of thiazole rings is 1. The van der Waals surface area contributed by atoms with Gasteiger partial charge >= 0.3 is 0 Å². The van der Waals surface area contributed by atoms with Crippen molar-refractivity contribution in [1.29, 1.82) is 0 Å². The lowest BCUT2D eigenvalue weighted by atomic mass is 10.2. The predicted molar refractivity (Wildman–Crippen MR) is 117 cm³/mol. The molecule has 0 radical (unpaired) electrons. The first kappa shape index (κ1) is 22.1. The summed E-state index contributed by atoms with van der Waals surface area (Å²) in [4.78, 5) is 29.2. The number of aromatic nitrogens is 1. The summed E-state index contributed by atoms with van der Waals surface area (Å²) < 4.78 is 5.75. The van der Waals surface area contributed by atoms with E-state index in [1.54, 1.807) is 12.1 Å². The summed E-state index contributed by atoms with van der Waals surface area (Å²) in [7, 11) is 0. The zero-order valence-corrected chi connectivity index (χ0v) is 18.0. The second-order valence-corrected chi connectivity index (χ2v) is 8.34. The molecule has 1 aliphatic heterocycles. The number of anilines is 2. The molecule has 1 aromatic heterocycles. The minimum absolute atomic E-state index is 0.0559. The Balaban J connectivity index is 1.36. The molecule has 162 valence electrons. The van der Waals surface area contributed by atoms with Gasteiger partial charge in [-0.1, -0.05) is 0 Å². The van der Waals surface area contributed by atoms with Gasteiger partial charge in [-0.05, 0) is 32.4 Å². The van der Waals surface area contributed by atoms with E-state index in [1.165, 1.54) is 23.5 Å². The Hall–Kier alpha value is -2.56. The third kappa shape index (κ3) is 6.75. The highest BCUT2D eigenvalue weighted by Crippen LogP contribution is 2.20. The number of carbonyl (C=O) groups is 1. The summed E-state index contributed by atoms with van der Waals surface area (Å²) in [5.41, 5.74) is 1.80. The molecule has 3 rings (SSSR count). The molecule has 1 amide bonds. The number of amides is 1. The lowest BCUT2D eigenvalue weighted by Gasteiger charge is -2.34. The fourth-order valence-electron chi connectivity index (χ4n) is 3.44. The number of ether oxygens (including phenoxy) is 1. The van der Waals surface area contributed by atoms with Crippen molar-refractivity contribution in [3.8, 4) is 0 Å². The smallest absolute Gasteiger partial charge is 0.269 e. The van der Waals surface area contributed by atoms with Gasteiger partial charge in [0.15, 0.2) is 5.13 Å². The first-order chi connectivity index (χ1) is 14.4. The molecule has 30 heavy (non-hydrogen) atoms. The van der Waals surface area contributed by atoms with Gasteiger partial charge in [-0.15, -0.1) is 11.3 Å². The fourth-order valence-corrected chi connectivity index (χ4v) is 4.16. The van der Waals surface area contributed by atoms with E-state index in [9.17, 15) is 14.9 Å². The first-order valence-electron chi connectivity index (χ1n) is 9.99. The molecule has 2 aromatic rings. The first-order valence-corrected chi connectivity index (χ1v) is 10.9. The van der Waals surface area contributed by atoms with Crippen LogP contribution in [0.15, 0.2) is 29.6 Å². The molecule has 1 fully saturated rings. The van der Waals surface area contributed by atoms with Gasteiger partial charge in [0.05, 0.1) is 22.8 Å². The molecule has 0 aliphatic carbocycles. The van der Waals surface area contributed by atoms with Gasteiger partial charge in [0.25, 0.3) is 5.69 Å². The maximum atomic E-state index is 12.2. The van der Waals surface area contributed by atoms with Gasteiger partial charge in [-0.25, -0.2) is 4.98 Å². The van der Waals surface area contributed by atoms with Crippen LogP contribution >= 0.6 is 11.3 Å². The monoisotopic (exact) mass is 433 g/mol. The van der Waals surface area contributed by atoms with Crippen LogP contribution in [0.25, 0.3) is 0 Å². The second-order valence-electron chi connectivity index (χ2n) is 7.48. The van der Waals surface area contributed by atoms with E-state index in [0.29, 0.717) is 24.5 Å². The lowest BCUT2D eigenvalue weighted by molar-refractivity contribution is -0.384. The van der Waals surface area contributed by atoms with Crippen molar-refractivity contribution in [3.63, 3.8) is 0 Å². The van der Waals surface area contributed by atoms with Crippen LogP contribution in [0.3, 0.4) is 0 Å². The van der Waals surface area contributed by atoms with Gasteiger partial charge in [0.1, 0.15) is 0 Å². The van der Waals surface area contributed by atoms with Crippen LogP contribution < -0.4 is 10.6 Å². The van der Waals surface area contributed by atoms with Crippen LogP contribution in [0.5, 0.6) is 0 Å². The molecule has 2 heterocycles. The number of nitrogens with one attached hydrogen (secondary N) is 2. The molecule has 10 heteroatoms. The maximum Gasteiger partial charge on any atom is 0.269 e. The third-order valence-electron chi connectivity index (χ3n) is 4.67. The number of nitro benzene ring substituents is 1. The van der Waals surface area contributed by atoms with Crippen LogP contribution in [0.4, 0.5) is 16.5 Å². The van der Waals surface area contributed by atoms with Crippen LogP contribution in [0, 0.1) is 10.1 Å². The van der Waals surface area contributed by atoms with Crippen molar-refractivity contribution >= 4 is 33.8 Å². The molecule has 0 spiro atoms. The van der Waals surface area contributed by atoms with Crippen molar-refractivity contribution in [2.75, 3.05) is 30.3 Å². The van der Waals surface area contributed by atoms with Crippen LogP contribution in [0.2, 0.25) is 0 Å². The standard InChI is InChI=1S/C20H27N5O4S/c1-14-10-24(11-15(2)29-14)12-17-13-30-20(22-17)23-19(26)4-3-9-21-16-5-7-18(8-6-16)25(27)28/h5-8,13-15,21H,3-4,9-12H2,1-2H3,(H,22,23,26). The number of non-ortho nitro benzene ring substituents is 1. The largest absolute Gasteiger partial charge is 0.385 e. The Morgan fingerprint density at radius 1 is 1.30 bits per heavy atom. The van der Waals surface area contributed by atoms with Crippen molar-refractivity contribution in [1.82, 2.24) is 9.88 Å². The Bertz CT molecular complexity index is 847. The average Bonchev–Trinajstić information content (AvgIpc) is 3.11. The highest BCUT2D eigenvalue weighted by Gasteiger charge is 2.22. The number of benzene rings is 1. The highest BCUT2D eigenvalue weighted by molar-refractivity contribution is 7.13. The maximum absolute atomic E-state index is 12.2. The molecule has 0 saturated carbocycles. The summed E-state index contributed by atoms with van der Waals surface area (Å²) in [5.74, 6) is -0.0741. The van der Waals surface area contributed by atoms with Crippen molar-refractivity contribution < 1.29 is 14.5 Å². The van der Waals surface area contributed by atoms with Gasteiger partial charge < -0.3 is 15.4 Å². The quantitative estimate of drug-likeness (QED) is 0.354. The van der Waals surface area contributed by atoms with Crippen LogP contribution in [-0.2, 0) is 16.1 Å². The number of morpholine rings is 1. The average molecular weight is 434 g/mol. The Morgan fingerprint density at radius 2 is 2.00 bits per heavy atom. The summed E-state index contributed by atoms with van der Waals surface area (Å²) in [6.07, 6.45) is 1.44. The van der Waals surface area contributed by atoms with E-state index in [1.807, 2.05) is 5.38 Å². The molecule has 9 nitrogen and oxygen atoms in total. The van der Waals surface area contributed by atoms with Gasteiger partial charge in [-0.3, -0.25) is 19.8 Å². The minimum atomic E-state index is -0.430. The zero-order chi connectivity index (χ0) is 21.5. The van der Waals surface area contributed by atoms with E-state index in [0.717, 1.165) is 31.0 Å². The predicted octanol–water partition coefficient (Wildman–Crippen LogP) is 3.49. The molecular weight excluding hydrogens is 406 g/mol. The second kappa shape index (κ2) is 10.5. The summed E-state index contributed by atoms with van der Waals surface area (Å²) in [6.45, 7) is 7.26. The van der Waals surface area contributed by atoms with Crippen molar-refractivity contribution in [2.24, 2.45) is 0 Å². The van der Waals surface area contributed by atoms with Crippen LogP contribution in [0.1, 0.15) is 32.4 Å². The number of carbonyl (C=O) groups excluding carboxylic acids is 1. The molecular formula is C20H27N5O4S. The fraction of sp³-hybridized carbons (Fsp3) is 0.500. The molecule has 0 bridgehead atoms. The topological polar surface area (TPSA) is 110 Å². The van der Waals surface area contributed by atoms with E-state index in [-0.39, 0.29) is 23.8 Å². The Kier molecular flexibility index (Phi) is 7.72. The molecule has 2 atom stereocenters. The van der Waals surface area contributed by atoms with E-state index >= 15 is 0 Å². The summed E-state index contributed by atoms with van der Waals surface area (Å²) >= 11 is 1.44. The number of hydrogen-bond donors (Lipinski definition) is 2. The summed E-state index contributed by atoms with van der Waals surface area (Å²) in [5, 5.41) is 19.3. The van der Waals surface area contributed by atoms with Crippen LogP contribution in [-0.4, -0.2) is 52.6 Å².